The van der Waals surface area contributed by atoms with Gasteiger partial charge in [0.15, 0.2) is 5.82 Å². The van der Waals surface area contributed by atoms with Gasteiger partial charge in [-0.25, -0.2) is 4.98 Å². The molecule has 10 heteroatoms. The fourth-order valence-corrected chi connectivity index (χ4v) is 3.66. The number of carbonyl (C=O) groups excluding carboxylic acids is 1. The normalized spacial score (nSPS) is 18.3. The van der Waals surface area contributed by atoms with Gasteiger partial charge in [0.1, 0.15) is 22.9 Å². The maximum absolute atomic E-state index is 12.8. The lowest BCUT2D eigenvalue weighted by Crippen LogP contribution is -2.31. The summed E-state index contributed by atoms with van der Waals surface area (Å²) in [6, 6.07) is 5.91. The predicted molar refractivity (Wildman–Crippen MR) is 103 cm³/mol. The van der Waals surface area contributed by atoms with Gasteiger partial charge in [-0.05, 0) is 25.5 Å². The molecule has 0 radical (unpaired) electrons. The molecule has 1 atom stereocenters. The van der Waals surface area contributed by atoms with Crippen LogP contribution in [0.4, 0.5) is 5.82 Å². The SMILES string of the molecule is COc1nn(C2COC2)cc1C(=O)Nc1cccc(-c2nnc3n2[C@@H](C)CC3)n1. The number of pyridine rings is 1. The molecule has 2 aliphatic heterocycles. The largest absolute Gasteiger partial charge is 0.479 e. The molecule has 3 aromatic heterocycles. The van der Waals surface area contributed by atoms with Crippen molar-refractivity contribution in [2.24, 2.45) is 0 Å². The van der Waals surface area contributed by atoms with Crippen molar-refractivity contribution in [1.29, 1.82) is 0 Å². The number of amides is 1. The number of rotatable bonds is 5. The van der Waals surface area contributed by atoms with E-state index in [1.54, 1.807) is 16.9 Å². The summed E-state index contributed by atoms with van der Waals surface area (Å²) in [6.45, 7) is 3.30. The average Bonchev–Trinajstić information content (AvgIpc) is 3.37. The summed E-state index contributed by atoms with van der Waals surface area (Å²) >= 11 is 0. The van der Waals surface area contributed by atoms with Crippen LogP contribution in [-0.2, 0) is 11.2 Å². The van der Waals surface area contributed by atoms with Crippen molar-refractivity contribution in [2.45, 2.75) is 31.8 Å². The van der Waals surface area contributed by atoms with E-state index in [-0.39, 0.29) is 17.8 Å². The topological polar surface area (TPSA) is 109 Å². The predicted octanol–water partition coefficient (Wildman–Crippen LogP) is 1.88. The third-order valence-electron chi connectivity index (χ3n) is 5.34. The quantitative estimate of drug-likeness (QED) is 0.702. The highest BCUT2D eigenvalue weighted by molar-refractivity contribution is 6.05. The molecule has 0 aromatic carbocycles. The van der Waals surface area contributed by atoms with Crippen LogP contribution in [-0.4, -0.2) is 55.8 Å². The third kappa shape index (κ3) is 3.05. The first kappa shape index (κ1) is 17.8. The molecule has 0 unspecified atom stereocenters. The van der Waals surface area contributed by atoms with Gasteiger partial charge in [-0.1, -0.05) is 6.07 Å². The van der Waals surface area contributed by atoms with Gasteiger partial charge in [-0.15, -0.1) is 15.3 Å². The first-order chi connectivity index (χ1) is 14.1. The Balaban J connectivity index is 1.40. The summed E-state index contributed by atoms with van der Waals surface area (Å²) < 4.78 is 14.3. The van der Waals surface area contributed by atoms with Crippen LogP contribution in [0, 0.1) is 0 Å². The van der Waals surface area contributed by atoms with E-state index in [4.69, 9.17) is 9.47 Å². The number of aromatic nitrogens is 6. The summed E-state index contributed by atoms with van der Waals surface area (Å²) in [7, 11) is 1.49. The minimum Gasteiger partial charge on any atom is -0.479 e. The van der Waals surface area contributed by atoms with Gasteiger partial charge in [0.25, 0.3) is 5.91 Å². The number of ether oxygens (including phenoxy) is 2. The third-order valence-corrected chi connectivity index (χ3v) is 5.34. The number of nitrogens with one attached hydrogen (secondary N) is 1. The molecule has 1 fully saturated rings. The smallest absolute Gasteiger partial charge is 0.263 e. The first-order valence-corrected chi connectivity index (χ1v) is 9.57. The van der Waals surface area contributed by atoms with E-state index in [0.29, 0.717) is 36.3 Å². The van der Waals surface area contributed by atoms with E-state index in [0.717, 1.165) is 24.5 Å². The van der Waals surface area contributed by atoms with Gasteiger partial charge in [0.2, 0.25) is 5.88 Å². The second-order valence-electron chi connectivity index (χ2n) is 7.28. The van der Waals surface area contributed by atoms with Crippen LogP contribution in [0.2, 0.25) is 0 Å². The van der Waals surface area contributed by atoms with Crippen molar-refractivity contribution < 1.29 is 14.3 Å². The number of carbonyl (C=O) groups is 1. The van der Waals surface area contributed by atoms with Gasteiger partial charge in [0, 0.05) is 18.7 Å². The van der Waals surface area contributed by atoms with Gasteiger partial charge < -0.3 is 19.4 Å². The Bertz CT molecular complexity index is 1070. The fourth-order valence-electron chi connectivity index (χ4n) is 3.66. The standard InChI is InChI=1S/C19H21N7O3/c1-11-6-7-16-22-23-17(26(11)16)14-4-3-5-15(20-14)21-18(27)13-8-25(12-9-29-10-12)24-19(13)28-2/h3-5,8,11-12H,6-7,9-10H2,1-2H3,(H,20,21,27)/t11-/m0/s1. The molecule has 3 aromatic rings. The Morgan fingerprint density at radius 2 is 2.17 bits per heavy atom. The zero-order valence-corrected chi connectivity index (χ0v) is 16.2. The Hall–Kier alpha value is -3.27. The molecular weight excluding hydrogens is 374 g/mol. The summed E-state index contributed by atoms with van der Waals surface area (Å²) in [4.78, 5) is 17.4. The molecular formula is C19H21N7O3. The van der Waals surface area contributed by atoms with Crippen LogP contribution in [0.5, 0.6) is 5.88 Å². The summed E-state index contributed by atoms with van der Waals surface area (Å²) in [5.74, 6) is 2.06. The van der Waals surface area contributed by atoms with Crippen molar-refractivity contribution in [3.05, 3.63) is 35.8 Å². The average molecular weight is 395 g/mol. The first-order valence-electron chi connectivity index (χ1n) is 9.57. The van der Waals surface area contributed by atoms with Crippen molar-refractivity contribution in [2.75, 3.05) is 25.6 Å². The second-order valence-corrected chi connectivity index (χ2v) is 7.28. The molecule has 2 aliphatic rings. The highest BCUT2D eigenvalue weighted by atomic mass is 16.5. The second kappa shape index (κ2) is 6.96. The molecule has 0 bridgehead atoms. The van der Waals surface area contributed by atoms with Crippen molar-refractivity contribution >= 4 is 11.7 Å². The van der Waals surface area contributed by atoms with Gasteiger partial charge in [-0.3, -0.25) is 9.48 Å². The number of methoxy groups -OCH3 is 1. The van der Waals surface area contributed by atoms with Crippen molar-refractivity contribution in [3.8, 4) is 17.4 Å². The molecule has 150 valence electrons. The lowest BCUT2D eigenvalue weighted by molar-refractivity contribution is -0.0289. The molecule has 5 rings (SSSR count). The summed E-state index contributed by atoms with van der Waals surface area (Å²) in [5.41, 5.74) is 1.02. The molecule has 0 spiro atoms. The zero-order valence-electron chi connectivity index (χ0n) is 16.2. The van der Waals surface area contributed by atoms with Gasteiger partial charge in [-0.2, -0.15) is 0 Å². The van der Waals surface area contributed by atoms with E-state index in [1.165, 1.54) is 7.11 Å². The number of hydrogen-bond acceptors (Lipinski definition) is 7. The van der Waals surface area contributed by atoms with Crippen molar-refractivity contribution in [1.82, 2.24) is 29.5 Å². The van der Waals surface area contributed by atoms with Crippen LogP contribution < -0.4 is 10.1 Å². The maximum Gasteiger partial charge on any atom is 0.263 e. The fraction of sp³-hybridized carbons (Fsp3) is 0.421. The van der Waals surface area contributed by atoms with Gasteiger partial charge >= 0.3 is 0 Å². The molecule has 0 saturated carbocycles. The molecule has 10 nitrogen and oxygen atoms in total. The Morgan fingerprint density at radius 3 is 2.93 bits per heavy atom. The minimum absolute atomic E-state index is 0.129. The van der Waals surface area contributed by atoms with Crippen LogP contribution in [0.15, 0.2) is 24.4 Å². The molecule has 0 aliphatic carbocycles. The highest BCUT2D eigenvalue weighted by Gasteiger charge is 2.27. The Morgan fingerprint density at radius 1 is 1.31 bits per heavy atom. The number of hydrogen-bond donors (Lipinski definition) is 1. The molecule has 5 heterocycles. The summed E-state index contributed by atoms with van der Waals surface area (Å²) in [6.07, 6.45) is 3.64. The lowest BCUT2D eigenvalue weighted by atomic mass is 10.2. The van der Waals surface area contributed by atoms with E-state index < -0.39 is 0 Å². The Kier molecular flexibility index (Phi) is 4.27. The van der Waals surface area contributed by atoms with Crippen LogP contribution in [0.1, 0.15) is 41.6 Å². The van der Waals surface area contributed by atoms with E-state index >= 15 is 0 Å². The van der Waals surface area contributed by atoms with E-state index in [1.807, 2.05) is 12.1 Å². The number of anilines is 1. The highest BCUT2D eigenvalue weighted by Crippen LogP contribution is 2.30. The maximum atomic E-state index is 12.8. The van der Waals surface area contributed by atoms with Crippen molar-refractivity contribution in [3.63, 3.8) is 0 Å². The van der Waals surface area contributed by atoms with E-state index in [2.05, 4.69) is 37.1 Å². The Labute approximate surface area is 166 Å². The lowest BCUT2D eigenvalue weighted by Gasteiger charge is -2.25. The number of fused-ring (bicyclic) bond motifs is 1. The van der Waals surface area contributed by atoms with E-state index in [9.17, 15) is 4.79 Å². The van der Waals surface area contributed by atoms with Crippen LogP contribution in [0.3, 0.4) is 0 Å². The minimum atomic E-state index is -0.335. The molecule has 29 heavy (non-hydrogen) atoms. The zero-order chi connectivity index (χ0) is 20.0. The molecule has 1 saturated heterocycles. The monoisotopic (exact) mass is 395 g/mol. The van der Waals surface area contributed by atoms with Crippen LogP contribution in [0.25, 0.3) is 11.5 Å². The number of nitrogens with zero attached hydrogens (tertiary/aromatic N) is 6. The number of aryl methyl sites for hydroxylation is 1. The molecule has 1 N–H and O–H groups in total. The van der Waals surface area contributed by atoms with Crippen LogP contribution >= 0.6 is 0 Å². The molecule has 1 amide bonds. The summed E-state index contributed by atoms with van der Waals surface area (Å²) in [5, 5.41) is 15.7. The van der Waals surface area contributed by atoms with Gasteiger partial charge in [0.05, 0.1) is 26.4 Å².